The number of benzene rings is 1. The van der Waals surface area contributed by atoms with E-state index in [1.807, 2.05) is 13.8 Å². The Morgan fingerprint density at radius 2 is 1.97 bits per heavy atom. The molecule has 1 atom stereocenters. The van der Waals surface area contributed by atoms with Gasteiger partial charge in [-0.2, -0.15) is 4.72 Å². The van der Waals surface area contributed by atoms with Crippen molar-refractivity contribution in [3.05, 3.63) is 53.5 Å². The molecule has 3 rings (SSSR count). The summed E-state index contributed by atoms with van der Waals surface area (Å²) in [5.41, 5.74) is 1.90. The number of anilines is 1. The van der Waals surface area contributed by atoms with Crippen molar-refractivity contribution in [2.45, 2.75) is 31.2 Å². The van der Waals surface area contributed by atoms with Crippen LogP contribution < -0.4 is 20.1 Å². The maximum Gasteiger partial charge on any atom is 0.323 e. The number of rotatable bonds is 13. The van der Waals surface area contributed by atoms with Gasteiger partial charge in [-0.15, -0.1) is 0 Å². The monoisotopic (exact) mass is 506 g/mol. The molecular formula is C21H26N6O7S. The number of amides is 1. The Kier molecular flexibility index (Phi) is 8.43. The summed E-state index contributed by atoms with van der Waals surface area (Å²) < 4.78 is 37.2. The first kappa shape index (κ1) is 25.7. The number of nitrogens with one attached hydrogen (secondary N) is 4. The SMILES string of the molecule is Cc1nc(NCCCOc2cc(C(=O)NCC(NS(=O)(=O)c3ccccc3)C(=O)O)on2)[nH]c1C. The number of aromatic amines is 1. The van der Waals surface area contributed by atoms with E-state index in [9.17, 15) is 23.1 Å². The number of hydrogen-bond acceptors (Lipinski definition) is 9. The van der Waals surface area contributed by atoms with Crippen molar-refractivity contribution < 1.29 is 32.4 Å². The zero-order chi connectivity index (χ0) is 25.4. The Labute approximate surface area is 201 Å². The van der Waals surface area contributed by atoms with Crippen LogP contribution in [0.15, 0.2) is 45.8 Å². The topological polar surface area (TPSA) is 189 Å². The summed E-state index contributed by atoms with van der Waals surface area (Å²) in [6, 6.07) is 6.95. The molecule has 0 aliphatic heterocycles. The van der Waals surface area contributed by atoms with E-state index in [4.69, 9.17) is 9.26 Å². The van der Waals surface area contributed by atoms with E-state index in [0.29, 0.717) is 25.5 Å². The van der Waals surface area contributed by atoms with Gasteiger partial charge in [-0.1, -0.05) is 18.2 Å². The van der Waals surface area contributed by atoms with Gasteiger partial charge in [0.15, 0.2) is 0 Å². The molecule has 0 fully saturated rings. The minimum absolute atomic E-state index is 0.0828. The number of carbonyl (C=O) groups is 2. The van der Waals surface area contributed by atoms with Gasteiger partial charge < -0.3 is 30.0 Å². The smallest absolute Gasteiger partial charge is 0.323 e. The zero-order valence-electron chi connectivity index (χ0n) is 19.1. The molecule has 0 radical (unpaired) electrons. The lowest BCUT2D eigenvalue weighted by Crippen LogP contribution is -2.48. The van der Waals surface area contributed by atoms with E-state index in [1.165, 1.54) is 30.3 Å². The van der Waals surface area contributed by atoms with Gasteiger partial charge in [0.25, 0.3) is 11.8 Å². The van der Waals surface area contributed by atoms with Crippen molar-refractivity contribution >= 4 is 27.8 Å². The standard InChI is InChI=1S/C21H26N6O7S/c1-13-14(2)25-21(24-13)22-9-6-10-33-18-11-17(34-26-18)19(28)23-12-16(20(29)30)27-35(31,32)15-7-4-3-5-8-15/h3-5,7-8,11,16,27H,6,9-10,12H2,1-2H3,(H,23,28)(H,29,30)(H2,22,24,25). The number of sulfonamides is 1. The van der Waals surface area contributed by atoms with Crippen molar-refractivity contribution in [3.63, 3.8) is 0 Å². The Bertz CT molecular complexity index is 1240. The molecule has 35 heavy (non-hydrogen) atoms. The van der Waals surface area contributed by atoms with Crippen LogP contribution >= 0.6 is 0 Å². The predicted octanol–water partition coefficient (Wildman–Crippen LogP) is 1.06. The first-order chi connectivity index (χ1) is 16.7. The van der Waals surface area contributed by atoms with Crippen molar-refractivity contribution in [1.29, 1.82) is 0 Å². The molecule has 0 saturated heterocycles. The summed E-state index contributed by atoms with van der Waals surface area (Å²) in [7, 11) is -4.10. The average molecular weight is 507 g/mol. The van der Waals surface area contributed by atoms with E-state index in [1.54, 1.807) is 6.07 Å². The minimum Gasteiger partial charge on any atom is -0.480 e. The fourth-order valence-corrected chi connectivity index (χ4v) is 4.05. The third-order valence-corrected chi connectivity index (χ3v) is 6.31. The minimum atomic E-state index is -4.10. The highest BCUT2D eigenvalue weighted by Gasteiger charge is 2.26. The van der Waals surface area contributed by atoms with E-state index in [0.717, 1.165) is 11.4 Å². The van der Waals surface area contributed by atoms with Crippen LogP contribution in [-0.4, -0.2) is 66.3 Å². The van der Waals surface area contributed by atoms with E-state index >= 15 is 0 Å². The van der Waals surface area contributed by atoms with Gasteiger partial charge in [-0.05, 0) is 37.6 Å². The highest BCUT2D eigenvalue weighted by molar-refractivity contribution is 7.89. The highest BCUT2D eigenvalue weighted by Crippen LogP contribution is 2.12. The molecule has 5 N–H and O–H groups in total. The maximum absolute atomic E-state index is 12.4. The van der Waals surface area contributed by atoms with Crippen LogP contribution in [0.2, 0.25) is 0 Å². The second-order valence-electron chi connectivity index (χ2n) is 7.49. The second kappa shape index (κ2) is 11.5. The van der Waals surface area contributed by atoms with Crippen LogP contribution in [0.1, 0.15) is 28.4 Å². The Morgan fingerprint density at radius 1 is 1.23 bits per heavy atom. The predicted molar refractivity (Wildman–Crippen MR) is 124 cm³/mol. The van der Waals surface area contributed by atoms with Crippen molar-refractivity contribution in [1.82, 2.24) is 25.2 Å². The van der Waals surface area contributed by atoms with Gasteiger partial charge in [0.05, 0.1) is 23.3 Å². The van der Waals surface area contributed by atoms with Gasteiger partial charge in [-0.3, -0.25) is 9.59 Å². The fourth-order valence-electron chi connectivity index (χ4n) is 2.84. The van der Waals surface area contributed by atoms with Crippen molar-refractivity contribution in [2.24, 2.45) is 0 Å². The summed E-state index contributed by atoms with van der Waals surface area (Å²) >= 11 is 0. The number of aliphatic carboxylic acids is 1. The Balaban J connectivity index is 1.44. The molecule has 0 aliphatic carbocycles. The maximum atomic E-state index is 12.4. The van der Waals surface area contributed by atoms with E-state index < -0.39 is 34.5 Å². The van der Waals surface area contributed by atoms with Gasteiger partial charge in [0.2, 0.25) is 21.7 Å². The molecule has 3 aromatic rings. The van der Waals surface area contributed by atoms with Crippen LogP contribution in [0.5, 0.6) is 5.88 Å². The number of imidazole rings is 1. The van der Waals surface area contributed by atoms with Crippen LogP contribution in [0.25, 0.3) is 0 Å². The summed E-state index contributed by atoms with van der Waals surface area (Å²) in [4.78, 5) is 31.1. The number of H-pyrrole nitrogens is 1. The first-order valence-corrected chi connectivity index (χ1v) is 12.1. The van der Waals surface area contributed by atoms with Crippen LogP contribution in [0.3, 0.4) is 0 Å². The summed E-state index contributed by atoms with van der Waals surface area (Å²) in [6.07, 6.45) is 0.620. The molecule has 2 heterocycles. The van der Waals surface area contributed by atoms with E-state index in [2.05, 4.69) is 30.5 Å². The quantitative estimate of drug-likeness (QED) is 0.210. The largest absolute Gasteiger partial charge is 0.480 e. The number of ether oxygens (including phenoxy) is 1. The summed E-state index contributed by atoms with van der Waals surface area (Å²) in [5.74, 6) is -1.69. The highest BCUT2D eigenvalue weighted by atomic mass is 32.2. The molecule has 188 valence electrons. The lowest BCUT2D eigenvalue weighted by atomic mass is 10.3. The van der Waals surface area contributed by atoms with Crippen LogP contribution in [0, 0.1) is 13.8 Å². The molecule has 1 unspecified atom stereocenters. The summed E-state index contributed by atoms with van der Waals surface area (Å²) in [6.45, 7) is 4.20. The number of aryl methyl sites for hydroxylation is 2. The molecule has 0 aliphatic rings. The molecule has 0 bridgehead atoms. The lowest BCUT2D eigenvalue weighted by Gasteiger charge is -2.15. The van der Waals surface area contributed by atoms with Gasteiger partial charge in [0.1, 0.15) is 6.04 Å². The molecule has 0 spiro atoms. The Morgan fingerprint density at radius 3 is 2.63 bits per heavy atom. The van der Waals surface area contributed by atoms with Crippen molar-refractivity contribution in [3.8, 4) is 5.88 Å². The van der Waals surface area contributed by atoms with Gasteiger partial charge >= 0.3 is 5.97 Å². The first-order valence-electron chi connectivity index (χ1n) is 10.6. The average Bonchev–Trinajstić information content (AvgIpc) is 3.42. The number of nitrogens with zero attached hydrogens (tertiary/aromatic N) is 2. The molecule has 14 heteroatoms. The second-order valence-corrected chi connectivity index (χ2v) is 9.20. The van der Waals surface area contributed by atoms with Gasteiger partial charge in [-0.25, -0.2) is 13.4 Å². The van der Waals surface area contributed by atoms with Crippen molar-refractivity contribution in [2.75, 3.05) is 25.0 Å². The van der Waals surface area contributed by atoms with Crippen LogP contribution in [0.4, 0.5) is 5.95 Å². The fraction of sp³-hybridized carbons (Fsp3) is 0.333. The zero-order valence-corrected chi connectivity index (χ0v) is 19.9. The van der Waals surface area contributed by atoms with E-state index in [-0.39, 0.29) is 16.5 Å². The normalized spacial score (nSPS) is 12.2. The molecular weight excluding hydrogens is 480 g/mol. The Hall–Kier alpha value is -3.91. The molecule has 2 aromatic heterocycles. The van der Waals surface area contributed by atoms with Gasteiger partial charge in [0, 0.05) is 18.8 Å². The number of hydrogen-bond donors (Lipinski definition) is 5. The number of carboxylic acids is 1. The molecule has 1 aromatic carbocycles. The van der Waals surface area contributed by atoms with Crippen LogP contribution in [-0.2, 0) is 14.8 Å². The summed E-state index contributed by atoms with van der Waals surface area (Å²) in [5, 5.41) is 18.4. The third kappa shape index (κ3) is 7.28. The molecule has 13 nitrogen and oxygen atoms in total. The number of carbonyl (C=O) groups excluding carboxylic acids is 1. The molecule has 0 saturated carbocycles. The number of aromatic nitrogens is 3. The third-order valence-electron chi connectivity index (χ3n) is 4.82. The molecule has 1 amide bonds. The lowest BCUT2D eigenvalue weighted by molar-refractivity contribution is -0.138. The number of carboxylic acid groups (broad SMARTS) is 1.